The van der Waals surface area contributed by atoms with Gasteiger partial charge in [0.2, 0.25) is 0 Å². The van der Waals surface area contributed by atoms with Gasteiger partial charge in [0, 0.05) is 16.9 Å². The molecule has 194 valence electrons. The van der Waals surface area contributed by atoms with Gasteiger partial charge in [0.25, 0.3) is 5.91 Å². The van der Waals surface area contributed by atoms with Gasteiger partial charge in [-0.05, 0) is 89.2 Å². The van der Waals surface area contributed by atoms with E-state index in [2.05, 4.69) is 73.6 Å². The SMILES string of the molecule is COC(=O)COc1c(I)cc(/C=N/NC(=O)c2ccc(-n3c(C)ccc3-c3ccccc3)cc2)cc1OC. The average molecular weight is 623 g/mol. The minimum atomic E-state index is -0.496. The Morgan fingerprint density at radius 3 is 2.42 bits per heavy atom. The fraction of sp³-hybridized carbons (Fsp3) is 0.138. The van der Waals surface area contributed by atoms with E-state index in [1.165, 1.54) is 20.4 Å². The van der Waals surface area contributed by atoms with Crippen molar-refractivity contribution in [2.45, 2.75) is 6.92 Å². The number of carbonyl (C=O) groups excluding carboxylic acids is 2. The highest BCUT2D eigenvalue weighted by Gasteiger charge is 2.14. The first-order valence-electron chi connectivity index (χ1n) is 11.7. The Bertz CT molecular complexity index is 1460. The largest absolute Gasteiger partial charge is 0.493 e. The van der Waals surface area contributed by atoms with Gasteiger partial charge in [-0.2, -0.15) is 5.10 Å². The van der Waals surface area contributed by atoms with Crippen LogP contribution in [-0.2, 0) is 9.53 Å². The average Bonchev–Trinajstić information content (AvgIpc) is 3.33. The van der Waals surface area contributed by atoms with Crippen molar-refractivity contribution in [3.8, 4) is 28.4 Å². The van der Waals surface area contributed by atoms with E-state index in [1.807, 2.05) is 30.3 Å². The van der Waals surface area contributed by atoms with Crippen LogP contribution in [0.25, 0.3) is 16.9 Å². The molecule has 0 atom stereocenters. The summed E-state index contributed by atoms with van der Waals surface area (Å²) in [6.07, 6.45) is 1.51. The van der Waals surface area contributed by atoms with Crippen molar-refractivity contribution in [1.82, 2.24) is 9.99 Å². The maximum Gasteiger partial charge on any atom is 0.343 e. The number of methoxy groups -OCH3 is 2. The zero-order valence-corrected chi connectivity index (χ0v) is 23.3. The van der Waals surface area contributed by atoms with E-state index in [4.69, 9.17) is 9.47 Å². The second-order valence-electron chi connectivity index (χ2n) is 8.21. The van der Waals surface area contributed by atoms with Gasteiger partial charge >= 0.3 is 5.97 Å². The zero-order chi connectivity index (χ0) is 27.1. The lowest BCUT2D eigenvalue weighted by molar-refractivity contribution is -0.142. The summed E-state index contributed by atoms with van der Waals surface area (Å²) in [5.74, 6) is 0.0249. The molecule has 0 aliphatic rings. The molecule has 1 N–H and O–H groups in total. The first kappa shape index (κ1) is 26.9. The molecule has 1 heterocycles. The first-order valence-corrected chi connectivity index (χ1v) is 12.7. The van der Waals surface area contributed by atoms with Crippen LogP contribution in [0.3, 0.4) is 0 Å². The minimum absolute atomic E-state index is 0.234. The normalized spacial score (nSPS) is 10.8. The Morgan fingerprint density at radius 1 is 1.00 bits per heavy atom. The van der Waals surface area contributed by atoms with Crippen molar-refractivity contribution in [3.05, 3.63) is 99.3 Å². The van der Waals surface area contributed by atoms with Crippen LogP contribution in [0.4, 0.5) is 0 Å². The zero-order valence-electron chi connectivity index (χ0n) is 21.1. The molecule has 9 heteroatoms. The van der Waals surface area contributed by atoms with Gasteiger partial charge in [0.05, 0.1) is 29.7 Å². The summed E-state index contributed by atoms with van der Waals surface area (Å²) >= 11 is 2.08. The number of nitrogens with one attached hydrogen (secondary N) is 1. The van der Waals surface area contributed by atoms with E-state index in [0.29, 0.717) is 26.2 Å². The number of ether oxygens (including phenoxy) is 3. The molecule has 0 spiro atoms. The van der Waals surface area contributed by atoms with Gasteiger partial charge in [-0.3, -0.25) is 4.79 Å². The lowest BCUT2D eigenvalue weighted by Gasteiger charge is -2.13. The highest BCUT2D eigenvalue weighted by atomic mass is 127. The van der Waals surface area contributed by atoms with Crippen LogP contribution < -0.4 is 14.9 Å². The lowest BCUT2D eigenvalue weighted by Crippen LogP contribution is -2.17. The molecule has 0 unspecified atom stereocenters. The number of nitrogens with zero attached hydrogens (tertiary/aromatic N) is 2. The molecule has 38 heavy (non-hydrogen) atoms. The summed E-state index contributed by atoms with van der Waals surface area (Å²) in [6, 6.07) is 25.2. The van der Waals surface area contributed by atoms with E-state index in [9.17, 15) is 9.59 Å². The number of hydrogen-bond donors (Lipinski definition) is 1. The molecule has 0 radical (unpaired) electrons. The number of carbonyl (C=O) groups is 2. The van der Waals surface area contributed by atoms with Crippen molar-refractivity contribution < 1.29 is 23.8 Å². The van der Waals surface area contributed by atoms with Gasteiger partial charge < -0.3 is 18.8 Å². The van der Waals surface area contributed by atoms with Gasteiger partial charge in [-0.1, -0.05) is 30.3 Å². The molecule has 1 aromatic heterocycles. The van der Waals surface area contributed by atoms with Gasteiger partial charge in [-0.25, -0.2) is 10.2 Å². The van der Waals surface area contributed by atoms with Crippen molar-refractivity contribution in [1.29, 1.82) is 0 Å². The molecular formula is C29H26IN3O5. The van der Waals surface area contributed by atoms with E-state index >= 15 is 0 Å². The molecule has 3 aromatic carbocycles. The topological polar surface area (TPSA) is 91.2 Å². The summed E-state index contributed by atoms with van der Waals surface area (Å²) in [5.41, 5.74) is 7.98. The van der Waals surface area contributed by atoms with Crippen LogP contribution in [0.15, 0.2) is 84.0 Å². The van der Waals surface area contributed by atoms with Crippen molar-refractivity contribution in [2.75, 3.05) is 20.8 Å². The number of halogens is 1. The number of aromatic nitrogens is 1. The number of amides is 1. The van der Waals surface area contributed by atoms with Crippen LogP contribution in [0, 0.1) is 10.5 Å². The van der Waals surface area contributed by atoms with Crippen molar-refractivity contribution in [3.63, 3.8) is 0 Å². The molecular weight excluding hydrogens is 597 g/mol. The van der Waals surface area contributed by atoms with Crippen LogP contribution in [0.1, 0.15) is 21.6 Å². The molecule has 4 rings (SSSR count). The quantitative estimate of drug-likeness (QED) is 0.117. The Labute approximate surface area is 234 Å². The third kappa shape index (κ3) is 6.23. The molecule has 0 saturated carbocycles. The first-order chi connectivity index (χ1) is 18.4. The van der Waals surface area contributed by atoms with E-state index in [1.54, 1.807) is 24.3 Å². The summed E-state index contributed by atoms with van der Waals surface area (Å²) in [5, 5.41) is 4.09. The smallest absolute Gasteiger partial charge is 0.343 e. The molecule has 0 bridgehead atoms. The summed E-state index contributed by atoms with van der Waals surface area (Å²) in [7, 11) is 2.79. The van der Waals surface area contributed by atoms with E-state index < -0.39 is 5.97 Å². The summed E-state index contributed by atoms with van der Waals surface area (Å²) in [6.45, 7) is 1.82. The number of esters is 1. The second-order valence-corrected chi connectivity index (χ2v) is 9.37. The summed E-state index contributed by atoms with van der Waals surface area (Å²) in [4.78, 5) is 24.1. The monoisotopic (exact) mass is 623 g/mol. The Kier molecular flexibility index (Phi) is 8.80. The number of hydrazone groups is 1. The molecule has 0 saturated heterocycles. The summed E-state index contributed by atoms with van der Waals surface area (Å²) < 4.78 is 18.4. The van der Waals surface area contributed by atoms with Crippen molar-refractivity contribution >= 4 is 40.7 Å². The lowest BCUT2D eigenvalue weighted by atomic mass is 10.1. The third-order valence-electron chi connectivity index (χ3n) is 5.73. The Balaban J connectivity index is 1.45. The fourth-order valence-corrected chi connectivity index (χ4v) is 4.63. The van der Waals surface area contributed by atoms with Gasteiger partial charge in [0.1, 0.15) is 0 Å². The molecule has 0 fully saturated rings. The number of aryl methyl sites for hydroxylation is 1. The van der Waals surface area contributed by atoms with Crippen LogP contribution in [0.5, 0.6) is 11.5 Å². The fourth-order valence-electron chi connectivity index (χ4n) is 3.85. The highest BCUT2D eigenvalue weighted by molar-refractivity contribution is 14.1. The third-order valence-corrected chi connectivity index (χ3v) is 6.53. The van der Waals surface area contributed by atoms with Crippen LogP contribution >= 0.6 is 22.6 Å². The number of benzene rings is 3. The number of hydrogen-bond acceptors (Lipinski definition) is 6. The molecule has 0 aliphatic carbocycles. The molecule has 0 aliphatic heterocycles. The maximum absolute atomic E-state index is 12.7. The Morgan fingerprint density at radius 2 is 1.74 bits per heavy atom. The number of rotatable bonds is 9. The van der Waals surface area contributed by atoms with Crippen molar-refractivity contribution in [2.24, 2.45) is 5.10 Å². The molecule has 8 nitrogen and oxygen atoms in total. The van der Waals surface area contributed by atoms with E-state index in [0.717, 1.165) is 22.6 Å². The predicted octanol–water partition coefficient (Wildman–Crippen LogP) is 5.38. The van der Waals surface area contributed by atoms with Crippen LogP contribution in [0.2, 0.25) is 0 Å². The minimum Gasteiger partial charge on any atom is -0.493 e. The highest BCUT2D eigenvalue weighted by Crippen LogP contribution is 2.33. The second kappa shape index (κ2) is 12.4. The Hall–Kier alpha value is -4.12. The van der Waals surface area contributed by atoms with Crippen LogP contribution in [-0.4, -0.2) is 43.5 Å². The standard InChI is InChI=1S/C29H26IN3O5/c1-19-9-14-25(21-7-5-4-6-8-21)33(19)23-12-10-22(11-13-23)29(35)32-31-17-20-15-24(30)28(26(16-20)36-2)38-18-27(34)37-3/h4-17H,18H2,1-3H3,(H,32,35)/b31-17+. The van der Waals surface area contributed by atoms with Gasteiger partial charge in [-0.15, -0.1) is 0 Å². The maximum atomic E-state index is 12.7. The van der Waals surface area contributed by atoms with E-state index in [-0.39, 0.29) is 12.5 Å². The molecule has 1 amide bonds. The predicted molar refractivity (Wildman–Crippen MR) is 154 cm³/mol. The molecule has 4 aromatic rings. The van der Waals surface area contributed by atoms with Gasteiger partial charge in [0.15, 0.2) is 18.1 Å².